The molecule has 0 amide bonds. The first kappa shape index (κ1) is 15.9. The van der Waals surface area contributed by atoms with Gasteiger partial charge >= 0.3 is 0 Å². The molecular formula is C16H18BrFN2O. The lowest BCUT2D eigenvalue weighted by Gasteiger charge is -2.21. The molecule has 1 unspecified atom stereocenters. The number of halogens is 2. The first-order valence-corrected chi connectivity index (χ1v) is 7.63. The van der Waals surface area contributed by atoms with E-state index in [-0.39, 0.29) is 11.9 Å². The Kier molecular flexibility index (Phi) is 5.70. The number of methoxy groups -OCH3 is 1. The normalized spacial score (nSPS) is 12.2. The Labute approximate surface area is 132 Å². The van der Waals surface area contributed by atoms with Gasteiger partial charge in [0.25, 0.3) is 0 Å². The Morgan fingerprint density at radius 2 is 2.19 bits per heavy atom. The Morgan fingerprint density at radius 3 is 2.86 bits per heavy atom. The van der Waals surface area contributed by atoms with Crippen molar-refractivity contribution in [1.82, 2.24) is 10.3 Å². The molecule has 1 aromatic carbocycles. The number of benzene rings is 1. The van der Waals surface area contributed by atoms with Crippen molar-refractivity contribution < 1.29 is 9.13 Å². The number of nitrogens with zero attached hydrogens (tertiary/aromatic N) is 1. The molecule has 1 atom stereocenters. The summed E-state index contributed by atoms with van der Waals surface area (Å²) in [5.74, 6) is 0.407. The van der Waals surface area contributed by atoms with Crippen molar-refractivity contribution in [3.63, 3.8) is 0 Å². The van der Waals surface area contributed by atoms with E-state index in [2.05, 4.69) is 33.2 Å². The zero-order valence-electron chi connectivity index (χ0n) is 12.1. The summed E-state index contributed by atoms with van der Waals surface area (Å²) in [4.78, 5) is 4.41. The van der Waals surface area contributed by atoms with Crippen molar-refractivity contribution in [3.8, 4) is 5.75 Å². The minimum absolute atomic E-state index is 0.215. The third kappa shape index (κ3) is 4.02. The van der Waals surface area contributed by atoms with Gasteiger partial charge in [0, 0.05) is 10.7 Å². The van der Waals surface area contributed by atoms with Gasteiger partial charge in [0.1, 0.15) is 17.3 Å². The van der Waals surface area contributed by atoms with E-state index in [4.69, 9.17) is 4.74 Å². The van der Waals surface area contributed by atoms with Crippen molar-refractivity contribution in [2.75, 3.05) is 13.7 Å². The monoisotopic (exact) mass is 352 g/mol. The molecule has 0 fully saturated rings. The van der Waals surface area contributed by atoms with E-state index in [1.165, 1.54) is 12.1 Å². The molecule has 0 aliphatic rings. The molecule has 3 nitrogen and oxygen atoms in total. The van der Waals surface area contributed by atoms with E-state index in [9.17, 15) is 4.39 Å². The summed E-state index contributed by atoms with van der Waals surface area (Å²) in [5.41, 5.74) is 1.57. The maximum Gasteiger partial charge on any atom is 0.142 e. The maximum atomic E-state index is 13.7. The summed E-state index contributed by atoms with van der Waals surface area (Å²) >= 11 is 3.34. The third-order valence-corrected chi connectivity index (χ3v) is 3.57. The highest BCUT2D eigenvalue weighted by molar-refractivity contribution is 9.10. The second-order valence-electron chi connectivity index (χ2n) is 4.68. The predicted octanol–water partition coefficient (Wildman–Crippen LogP) is 4.08. The summed E-state index contributed by atoms with van der Waals surface area (Å²) in [7, 11) is 1.61. The summed E-state index contributed by atoms with van der Waals surface area (Å²) in [6, 6.07) is 8.32. The number of rotatable bonds is 6. The van der Waals surface area contributed by atoms with Crippen LogP contribution in [0.3, 0.4) is 0 Å². The molecule has 2 rings (SSSR count). The molecule has 1 heterocycles. The molecule has 0 spiro atoms. The maximum absolute atomic E-state index is 13.7. The number of aromatic nitrogens is 1. The Morgan fingerprint density at radius 1 is 1.38 bits per heavy atom. The zero-order chi connectivity index (χ0) is 15.2. The summed E-state index contributed by atoms with van der Waals surface area (Å²) in [6.07, 6.45) is 2.69. The van der Waals surface area contributed by atoms with Crippen molar-refractivity contribution in [3.05, 3.63) is 58.1 Å². The Bertz CT molecular complexity index is 586. The van der Waals surface area contributed by atoms with E-state index in [0.29, 0.717) is 10.2 Å². The Balaban J connectivity index is 2.46. The molecule has 0 bridgehead atoms. The third-order valence-electron chi connectivity index (χ3n) is 3.11. The van der Waals surface area contributed by atoms with Crippen molar-refractivity contribution >= 4 is 15.9 Å². The van der Waals surface area contributed by atoms with Crippen LogP contribution < -0.4 is 10.1 Å². The van der Waals surface area contributed by atoms with Gasteiger partial charge in [-0.05, 0) is 48.9 Å². The highest BCUT2D eigenvalue weighted by atomic mass is 79.9. The number of hydrogen-bond acceptors (Lipinski definition) is 3. The van der Waals surface area contributed by atoms with Crippen LogP contribution in [-0.2, 0) is 0 Å². The van der Waals surface area contributed by atoms with Crippen LogP contribution in [-0.4, -0.2) is 18.6 Å². The van der Waals surface area contributed by atoms with Crippen molar-refractivity contribution in [2.24, 2.45) is 0 Å². The molecule has 1 aromatic heterocycles. The highest BCUT2D eigenvalue weighted by Gasteiger charge is 2.20. The Hall–Kier alpha value is -1.46. The van der Waals surface area contributed by atoms with Crippen molar-refractivity contribution in [2.45, 2.75) is 19.4 Å². The summed E-state index contributed by atoms with van der Waals surface area (Å²) in [6.45, 7) is 2.89. The van der Waals surface area contributed by atoms with Gasteiger partial charge in [-0.25, -0.2) is 4.39 Å². The lowest BCUT2D eigenvalue weighted by Crippen LogP contribution is -2.24. The van der Waals surface area contributed by atoms with E-state index in [0.717, 1.165) is 24.2 Å². The number of nitrogens with one attached hydrogen (secondary N) is 1. The van der Waals surface area contributed by atoms with Crippen LogP contribution in [0.15, 0.2) is 41.0 Å². The lowest BCUT2D eigenvalue weighted by molar-refractivity contribution is 0.399. The first-order valence-electron chi connectivity index (χ1n) is 6.84. The molecule has 112 valence electrons. The topological polar surface area (TPSA) is 34.2 Å². The fraction of sp³-hybridized carbons (Fsp3) is 0.312. The highest BCUT2D eigenvalue weighted by Crippen LogP contribution is 2.30. The predicted molar refractivity (Wildman–Crippen MR) is 85.0 cm³/mol. The van der Waals surface area contributed by atoms with Crippen LogP contribution >= 0.6 is 15.9 Å². The second-order valence-corrected chi connectivity index (χ2v) is 5.60. The average Bonchev–Trinajstić information content (AvgIpc) is 2.47. The fourth-order valence-corrected chi connectivity index (χ4v) is 2.68. The second kappa shape index (κ2) is 7.52. The van der Waals surface area contributed by atoms with Crippen LogP contribution in [0, 0.1) is 5.82 Å². The van der Waals surface area contributed by atoms with Gasteiger partial charge in [0.05, 0.1) is 13.2 Å². The van der Waals surface area contributed by atoms with Gasteiger partial charge in [-0.2, -0.15) is 0 Å². The number of pyridine rings is 1. The van der Waals surface area contributed by atoms with Gasteiger partial charge in [-0.1, -0.05) is 22.9 Å². The van der Waals surface area contributed by atoms with Gasteiger partial charge < -0.3 is 10.1 Å². The van der Waals surface area contributed by atoms with Crippen LogP contribution in [0.25, 0.3) is 0 Å². The van der Waals surface area contributed by atoms with Crippen LogP contribution in [0.5, 0.6) is 5.75 Å². The van der Waals surface area contributed by atoms with Crippen LogP contribution in [0.2, 0.25) is 0 Å². The quantitative estimate of drug-likeness (QED) is 0.850. The number of ether oxygens (including phenoxy) is 1. The zero-order valence-corrected chi connectivity index (χ0v) is 13.7. The lowest BCUT2D eigenvalue weighted by atomic mass is 10.0. The number of hydrogen-bond donors (Lipinski definition) is 1. The van der Waals surface area contributed by atoms with E-state index >= 15 is 0 Å². The van der Waals surface area contributed by atoms with E-state index < -0.39 is 0 Å². The average molecular weight is 353 g/mol. The van der Waals surface area contributed by atoms with E-state index in [1.54, 1.807) is 13.3 Å². The van der Waals surface area contributed by atoms with Gasteiger partial charge in [0.15, 0.2) is 0 Å². The summed E-state index contributed by atoms with van der Waals surface area (Å²) < 4.78 is 19.8. The molecule has 21 heavy (non-hydrogen) atoms. The SMILES string of the molecule is CCCNC(c1cc(F)cc(Br)c1)c1ncccc1OC. The first-order chi connectivity index (χ1) is 10.2. The van der Waals surface area contributed by atoms with Crippen molar-refractivity contribution in [1.29, 1.82) is 0 Å². The molecule has 0 saturated heterocycles. The molecule has 0 aliphatic carbocycles. The molecule has 2 aromatic rings. The minimum atomic E-state index is -0.280. The molecule has 0 aliphatic heterocycles. The van der Waals surface area contributed by atoms with Gasteiger partial charge in [0.2, 0.25) is 0 Å². The molecule has 1 N–H and O–H groups in total. The largest absolute Gasteiger partial charge is 0.495 e. The fourth-order valence-electron chi connectivity index (χ4n) is 2.20. The van der Waals surface area contributed by atoms with Crippen LogP contribution in [0.1, 0.15) is 30.6 Å². The molecule has 5 heteroatoms. The molecule has 0 radical (unpaired) electrons. The van der Waals surface area contributed by atoms with E-state index in [1.807, 2.05) is 18.2 Å². The smallest absolute Gasteiger partial charge is 0.142 e. The molecular weight excluding hydrogens is 335 g/mol. The van der Waals surface area contributed by atoms with Gasteiger partial charge in [-0.3, -0.25) is 4.98 Å². The molecule has 0 saturated carbocycles. The van der Waals surface area contributed by atoms with Crippen LogP contribution in [0.4, 0.5) is 4.39 Å². The standard InChI is InChI=1S/C16H18BrFN2O/c1-3-6-19-15(11-8-12(17)10-13(18)9-11)16-14(21-2)5-4-7-20-16/h4-5,7-10,15,19H,3,6H2,1-2H3. The summed E-state index contributed by atoms with van der Waals surface area (Å²) in [5, 5.41) is 3.40. The van der Waals surface area contributed by atoms with Gasteiger partial charge in [-0.15, -0.1) is 0 Å². The minimum Gasteiger partial charge on any atom is -0.495 e.